The number of nitro benzene ring substituents is 1. The van der Waals surface area contributed by atoms with Crippen LogP contribution < -0.4 is 4.90 Å². The first kappa shape index (κ1) is 16.4. The average molecular weight is 341 g/mol. The van der Waals surface area contributed by atoms with Crippen LogP contribution in [0.15, 0.2) is 36.4 Å². The summed E-state index contributed by atoms with van der Waals surface area (Å²) in [7, 11) is 0. The van der Waals surface area contributed by atoms with Gasteiger partial charge in [0.25, 0.3) is 5.69 Å². The van der Waals surface area contributed by atoms with E-state index >= 15 is 0 Å². The lowest BCUT2D eigenvalue weighted by Gasteiger charge is -2.23. The maximum atomic E-state index is 10.9. The number of nitrogens with zero attached hydrogens (tertiary/aromatic N) is 2. The van der Waals surface area contributed by atoms with Gasteiger partial charge in [0.1, 0.15) is 5.75 Å². The topological polar surface area (TPSA) is 66.6 Å². The molecule has 116 valence electrons. The molecule has 0 aliphatic rings. The number of non-ortho nitro benzene ring substituents is 1. The molecule has 0 aromatic heterocycles. The Labute approximate surface area is 137 Å². The Hall–Kier alpha value is -1.98. The Balaban J connectivity index is 2.35. The molecule has 22 heavy (non-hydrogen) atoms. The smallest absolute Gasteiger partial charge is 0.271 e. The molecule has 0 spiro atoms. The zero-order valence-corrected chi connectivity index (χ0v) is 13.3. The van der Waals surface area contributed by atoms with E-state index < -0.39 is 4.92 Å². The SMILES string of the molecule is CCN(Cc1cc([N+](=O)[O-])cc(Cl)c1O)c1ccc(Cl)cc1. The van der Waals surface area contributed by atoms with Crippen molar-refractivity contribution < 1.29 is 10.0 Å². The fraction of sp³-hybridized carbons (Fsp3) is 0.200. The van der Waals surface area contributed by atoms with E-state index in [9.17, 15) is 15.2 Å². The van der Waals surface area contributed by atoms with Gasteiger partial charge >= 0.3 is 0 Å². The van der Waals surface area contributed by atoms with Gasteiger partial charge in [-0.05, 0) is 31.2 Å². The highest BCUT2D eigenvalue weighted by molar-refractivity contribution is 6.32. The van der Waals surface area contributed by atoms with E-state index in [0.717, 1.165) is 11.8 Å². The molecule has 0 radical (unpaired) electrons. The molecule has 0 saturated carbocycles. The maximum Gasteiger partial charge on any atom is 0.271 e. The summed E-state index contributed by atoms with van der Waals surface area (Å²) in [6.07, 6.45) is 0. The third-order valence-electron chi connectivity index (χ3n) is 3.27. The molecule has 2 aromatic carbocycles. The second-order valence-electron chi connectivity index (χ2n) is 4.68. The second-order valence-corrected chi connectivity index (χ2v) is 5.53. The molecule has 0 fully saturated rings. The molecule has 0 aliphatic heterocycles. The van der Waals surface area contributed by atoms with Crippen LogP contribution in [-0.4, -0.2) is 16.6 Å². The number of phenols is 1. The van der Waals surface area contributed by atoms with Crippen LogP contribution in [0.1, 0.15) is 12.5 Å². The summed E-state index contributed by atoms with van der Waals surface area (Å²) in [5, 5.41) is 21.5. The van der Waals surface area contributed by atoms with Gasteiger partial charge in [0.2, 0.25) is 0 Å². The van der Waals surface area contributed by atoms with Crippen LogP contribution in [0.2, 0.25) is 10.0 Å². The van der Waals surface area contributed by atoms with Crippen molar-refractivity contribution in [1.82, 2.24) is 0 Å². The minimum atomic E-state index is -0.534. The predicted octanol–water partition coefficient (Wildman–Crippen LogP) is 4.63. The molecule has 2 rings (SSSR count). The van der Waals surface area contributed by atoms with E-state index in [1.165, 1.54) is 6.07 Å². The highest BCUT2D eigenvalue weighted by Crippen LogP contribution is 2.33. The number of aromatic hydroxyl groups is 1. The van der Waals surface area contributed by atoms with Crippen LogP contribution in [0.3, 0.4) is 0 Å². The van der Waals surface area contributed by atoms with Crippen molar-refractivity contribution in [3.8, 4) is 5.75 Å². The van der Waals surface area contributed by atoms with E-state index in [1.807, 2.05) is 24.0 Å². The summed E-state index contributed by atoms with van der Waals surface area (Å²) in [5.41, 5.74) is 1.15. The standard InChI is InChI=1S/C15H14Cl2N2O3/c1-2-18(12-5-3-11(16)4-6-12)9-10-7-13(19(21)22)8-14(17)15(10)20/h3-8,20H,2,9H2,1H3. The van der Waals surface area contributed by atoms with E-state index in [2.05, 4.69) is 0 Å². The first-order valence-corrected chi connectivity index (χ1v) is 7.34. The average Bonchev–Trinajstić information content (AvgIpc) is 2.49. The van der Waals surface area contributed by atoms with Crippen molar-refractivity contribution in [3.63, 3.8) is 0 Å². The van der Waals surface area contributed by atoms with Gasteiger partial charge in [-0.15, -0.1) is 0 Å². The molecular weight excluding hydrogens is 327 g/mol. The molecule has 7 heteroatoms. The summed E-state index contributed by atoms with van der Waals surface area (Å²) in [4.78, 5) is 12.3. The summed E-state index contributed by atoms with van der Waals surface area (Å²) < 4.78 is 0. The van der Waals surface area contributed by atoms with Crippen molar-refractivity contribution in [3.05, 3.63) is 62.1 Å². The number of halogens is 2. The van der Waals surface area contributed by atoms with Gasteiger partial charge in [0.15, 0.2) is 0 Å². The number of hydrogen-bond acceptors (Lipinski definition) is 4. The number of nitro groups is 1. The van der Waals surface area contributed by atoms with Crippen molar-refractivity contribution in [2.75, 3.05) is 11.4 Å². The van der Waals surface area contributed by atoms with Gasteiger partial charge < -0.3 is 10.0 Å². The summed E-state index contributed by atoms with van der Waals surface area (Å²) in [5.74, 6) is -0.139. The molecule has 0 unspecified atom stereocenters. The first-order chi connectivity index (χ1) is 10.4. The van der Waals surface area contributed by atoms with Gasteiger partial charge in [0, 0.05) is 41.5 Å². The summed E-state index contributed by atoms with van der Waals surface area (Å²) in [6, 6.07) is 9.70. The molecule has 1 N–H and O–H groups in total. The number of hydrogen-bond donors (Lipinski definition) is 1. The molecule has 2 aromatic rings. The number of rotatable bonds is 5. The summed E-state index contributed by atoms with van der Waals surface area (Å²) >= 11 is 11.7. The van der Waals surface area contributed by atoms with Gasteiger partial charge in [0.05, 0.1) is 9.95 Å². The van der Waals surface area contributed by atoms with Gasteiger partial charge in [-0.25, -0.2) is 0 Å². The Morgan fingerprint density at radius 2 is 1.86 bits per heavy atom. The third-order valence-corrected chi connectivity index (χ3v) is 3.81. The number of anilines is 1. The van der Waals surface area contributed by atoms with Gasteiger partial charge in [-0.1, -0.05) is 23.2 Å². The highest BCUT2D eigenvalue weighted by atomic mass is 35.5. The van der Waals surface area contributed by atoms with Gasteiger partial charge in [-0.2, -0.15) is 0 Å². The lowest BCUT2D eigenvalue weighted by molar-refractivity contribution is -0.384. The minimum Gasteiger partial charge on any atom is -0.506 e. The molecule has 0 amide bonds. The number of benzene rings is 2. The maximum absolute atomic E-state index is 10.9. The number of phenolic OH excluding ortho intramolecular Hbond substituents is 1. The minimum absolute atomic E-state index is 0.0311. The van der Waals surface area contributed by atoms with E-state index in [4.69, 9.17) is 23.2 Å². The lowest BCUT2D eigenvalue weighted by Crippen LogP contribution is -2.22. The van der Waals surface area contributed by atoms with E-state index in [-0.39, 0.29) is 16.5 Å². The highest BCUT2D eigenvalue weighted by Gasteiger charge is 2.17. The Kier molecular flexibility index (Phi) is 5.11. The predicted molar refractivity (Wildman–Crippen MR) is 87.9 cm³/mol. The van der Waals surface area contributed by atoms with E-state index in [0.29, 0.717) is 23.7 Å². The molecule has 0 saturated heterocycles. The van der Waals surface area contributed by atoms with Crippen LogP contribution >= 0.6 is 23.2 Å². The zero-order valence-electron chi connectivity index (χ0n) is 11.8. The normalized spacial score (nSPS) is 10.5. The lowest BCUT2D eigenvalue weighted by atomic mass is 10.1. The molecular formula is C15H14Cl2N2O3. The Morgan fingerprint density at radius 3 is 2.41 bits per heavy atom. The van der Waals surface area contributed by atoms with Crippen molar-refractivity contribution in [2.24, 2.45) is 0 Å². The van der Waals surface area contributed by atoms with E-state index in [1.54, 1.807) is 12.1 Å². The second kappa shape index (κ2) is 6.85. The van der Waals surface area contributed by atoms with Gasteiger partial charge in [-0.3, -0.25) is 10.1 Å². The molecule has 0 aliphatic carbocycles. The molecule has 5 nitrogen and oxygen atoms in total. The molecule has 0 heterocycles. The quantitative estimate of drug-likeness (QED) is 0.636. The zero-order chi connectivity index (χ0) is 16.3. The van der Waals surface area contributed by atoms with Crippen molar-refractivity contribution >= 4 is 34.6 Å². The fourth-order valence-corrected chi connectivity index (χ4v) is 2.47. The molecule has 0 bridgehead atoms. The Morgan fingerprint density at radius 1 is 1.23 bits per heavy atom. The Bertz CT molecular complexity index is 690. The summed E-state index contributed by atoms with van der Waals surface area (Å²) in [6.45, 7) is 2.90. The fourth-order valence-electron chi connectivity index (χ4n) is 2.11. The van der Waals surface area contributed by atoms with Crippen LogP contribution in [0, 0.1) is 10.1 Å². The van der Waals surface area contributed by atoms with Crippen molar-refractivity contribution in [1.29, 1.82) is 0 Å². The third kappa shape index (κ3) is 3.61. The molecule has 0 atom stereocenters. The monoisotopic (exact) mass is 340 g/mol. The van der Waals surface area contributed by atoms with Crippen molar-refractivity contribution in [2.45, 2.75) is 13.5 Å². The largest absolute Gasteiger partial charge is 0.506 e. The van der Waals surface area contributed by atoms with Crippen LogP contribution in [0.4, 0.5) is 11.4 Å². The van der Waals surface area contributed by atoms with Crippen LogP contribution in [0.25, 0.3) is 0 Å². The van der Waals surface area contributed by atoms with Crippen LogP contribution in [0.5, 0.6) is 5.75 Å². The van der Waals surface area contributed by atoms with Crippen LogP contribution in [-0.2, 0) is 6.54 Å². The first-order valence-electron chi connectivity index (χ1n) is 6.58.